The Morgan fingerprint density at radius 3 is 2.79 bits per heavy atom. The molecule has 1 amide bonds. The predicted octanol–water partition coefficient (Wildman–Crippen LogP) is 4.50. The average molecular weight is 380 g/mol. The number of nitrogens with one attached hydrogen (secondary N) is 1. The number of hydrogen-bond acceptors (Lipinski definition) is 6. The molecular weight excluding hydrogens is 366 g/mol. The number of aromatic nitrogens is 2. The fourth-order valence-electron chi connectivity index (χ4n) is 1.93. The number of rotatable bonds is 7. The van der Waals surface area contributed by atoms with Gasteiger partial charge in [-0.15, -0.1) is 28.2 Å². The first kappa shape index (κ1) is 17.0. The molecule has 0 aliphatic carbocycles. The van der Waals surface area contributed by atoms with Crippen LogP contribution in [-0.4, -0.2) is 21.9 Å². The van der Waals surface area contributed by atoms with E-state index in [1.165, 1.54) is 11.3 Å². The number of amides is 1. The van der Waals surface area contributed by atoms with Crippen LogP contribution in [-0.2, 0) is 11.2 Å². The van der Waals surface area contributed by atoms with Gasteiger partial charge in [-0.3, -0.25) is 10.1 Å². The molecule has 0 fully saturated rings. The number of thioether (sulfide) groups is 1. The summed E-state index contributed by atoms with van der Waals surface area (Å²) in [5.74, 6) is 0.986. The van der Waals surface area contributed by atoms with Crippen molar-refractivity contribution in [3.05, 3.63) is 57.6 Å². The second kappa shape index (κ2) is 8.32. The molecule has 0 bridgehead atoms. The molecule has 2 aromatic heterocycles. The molecule has 2 heterocycles. The lowest BCUT2D eigenvalue weighted by Gasteiger charge is -2.01. The van der Waals surface area contributed by atoms with Gasteiger partial charge in [-0.05, 0) is 24.3 Å². The maximum atomic E-state index is 11.9. The molecule has 24 heavy (non-hydrogen) atoms. The average Bonchev–Trinajstić information content (AvgIpc) is 3.18. The van der Waals surface area contributed by atoms with Crippen molar-refractivity contribution >= 4 is 46.6 Å². The van der Waals surface area contributed by atoms with Gasteiger partial charge >= 0.3 is 6.01 Å². The van der Waals surface area contributed by atoms with Gasteiger partial charge in [-0.2, -0.15) is 0 Å². The molecule has 0 saturated carbocycles. The monoisotopic (exact) mass is 379 g/mol. The van der Waals surface area contributed by atoms with Crippen LogP contribution in [0.25, 0.3) is 0 Å². The van der Waals surface area contributed by atoms with E-state index in [1.807, 2.05) is 42.5 Å². The normalized spacial score (nSPS) is 10.7. The van der Waals surface area contributed by atoms with Gasteiger partial charge in [0, 0.05) is 21.9 Å². The zero-order valence-electron chi connectivity index (χ0n) is 12.6. The van der Waals surface area contributed by atoms with Gasteiger partial charge in [0.2, 0.25) is 11.8 Å². The van der Waals surface area contributed by atoms with Gasteiger partial charge in [0.15, 0.2) is 0 Å². The van der Waals surface area contributed by atoms with E-state index in [4.69, 9.17) is 16.0 Å². The predicted molar refractivity (Wildman–Crippen MR) is 96.8 cm³/mol. The number of carbonyl (C=O) groups excluding carboxylic acids is 1. The topological polar surface area (TPSA) is 68.0 Å². The highest BCUT2D eigenvalue weighted by atomic mass is 35.5. The summed E-state index contributed by atoms with van der Waals surface area (Å²) in [6, 6.07) is 13.8. The standard InChI is InChI=1S/C16H14ClN3O2S2/c17-13-7-6-12(24-13)10-15-19-20-16(22-15)18-14(21)8-9-23-11-4-2-1-3-5-11/h1-7H,8-10H2,(H,18,20,21). The molecule has 1 N–H and O–H groups in total. The minimum Gasteiger partial charge on any atom is -0.407 e. The molecule has 0 aliphatic heterocycles. The number of hydrogen-bond donors (Lipinski definition) is 1. The van der Waals surface area contributed by atoms with Crippen LogP contribution in [0.1, 0.15) is 17.2 Å². The van der Waals surface area contributed by atoms with Gasteiger partial charge in [-0.1, -0.05) is 34.9 Å². The fraction of sp³-hybridized carbons (Fsp3) is 0.188. The Balaban J connectivity index is 1.45. The largest absolute Gasteiger partial charge is 0.407 e. The number of halogens is 1. The van der Waals surface area contributed by atoms with Crippen molar-refractivity contribution in [1.82, 2.24) is 10.2 Å². The Labute approximate surface area is 152 Å². The van der Waals surface area contributed by atoms with Crippen molar-refractivity contribution in [2.24, 2.45) is 0 Å². The summed E-state index contributed by atoms with van der Waals surface area (Å²) in [6.07, 6.45) is 0.877. The molecule has 0 atom stereocenters. The second-order valence-electron chi connectivity index (χ2n) is 4.84. The van der Waals surface area contributed by atoms with E-state index in [1.54, 1.807) is 11.8 Å². The van der Waals surface area contributed by atoms with Crippen molar-refractivity contribution in [2.45, 2.75) is 17.7 Å². The first-order valence-electron chi connectivity index (χ1n) is 7.23. The zero-order valence-corrected chi connectivity index (χ0v) is 15.0. The molecule has 0 spiro atoms. The summed E-state index contributed by atoms with van der Waals surface area (Å²) in [6.45, 7) is 0. The SMILES string of the molecule is O=C(CCSc1ccccc1)Nc1nnc(Cc2ccc(Cl)s2)o1. The van der Waals surface area contributed by atoms with E-state index >= 15 is 0 Å². The molecule has 3 aromatic rings. The van der Waals surface area contributed by atoms with Gasteiger partial charge < -0.3 is 4.42 Å². The number of thiophene rings is 1. The number of benzene rings is 1. The van der Waals surface area contributed by atoms with Crippen LogP contribution in [0.5, 0.6) is 0 Å². The molecular formula is C16H14ClN3O2S2. The van der Waals surface area contributed by atoms with Crippen molar-refractivity contribution in [3.8, 4) is 0 Å². The zero-order chi connectivity index (χ0) is 16.8. The first-order chi connectivity index (χ1) is 11.7. The van der Waals surface area contributed by atoms with E-state index in [-0.39, 0.29) is 11.9 Å². The molecule has 3 rings (SSSR count). The third-order valence-corrected chi connectivity index (χ3v) is 5.25. The molecule has 0 unspecified atom stereocenters. The summed E-state index contributed by atoms with van der Waals surface area (Å²) >= 11 is 8.98. The van der Waals surface area contributed by atoms with Gasteiger partial charge in [0.1, 0.15) is 0 Å². The van der Waals surface area contributed by atoms with Crippen LogP contribution in [0.2, 0.25) is 4.34 Å². The van der Waals surface area contributed by atoms with Gasteiger partial charge in [-0.25, -0.2) is 0 Å². The van der Waals surface area contributed by atoms with E-state index in [0.717, 1.165) is 9.77 Å². The second-order valence-corrected chi connectivity index (χ2v) is 7.81. The maximum absolute atomic E-state index is 11.9. The Kier molecular flexibility index (Phi) is 5.90. The molecule has 5 nitrogen and oxygen atoms in total. The smallest absolute Gasteiger partial charge is 0.322 e. The minimum absolute atomic E-state index is 0.127. The lowest BCUT2D eigenvalue weighted by atomic mass is 10.3. The van der Waals surface area contributed by atoms with Crippen molar-refractivity contribution in [3.63, 3.8) is 0 Å². The molecule has 0 radical (unpaired) electrons. The first-order valence-corrected chi connectivity index (χ1v) is 9.41. The van der Waals surface area contributed by atoms with Crippen LogP contribution < -0.4 is 5.32 Å². The fourth-order valence-corrected chi connectivity index (χ4v) is 3.88. The Morgan fingerprint density at radius 2 is 2.04 bits per heavy atom. The third-order valence-electron chi connectivity index (χ3n) is 3.01. The number of anilines is 1. The quantitative estimate of drug-likeness (QED) is 0.612. The highest BCUT2D eigenvalue weighted by Crippen LogP contribution is 2.24. The van der Waals surface area contributed by atoms with Crippen LogP contribution >= 0.6 is 34.7 Å². The third kappa shape index (κ3) is 5.09. The maximum Gasteiger partial charge on any atom is 0.322 e. The lowest BCUT2D eigenvalue weighted by Crippen LogP contribution is -2.12. The Morgan fingerprint density at radius 1 is 1.21 bits per heavy atom. The molecule has 0 saturated heterocycles. The summed E-state index contributed by atoms with van der Waals surface area (Å²) in [7, 11) is 0. The molecule has 8 heteroatoms. The number of nitrogens with zero attached hydrogens (tertiary/aromatic N) is 2. The van der Waals surface area contributed by atoms with Gasteiger partial charge in [0.05, 0.1) is 10.8 Å². The summed E-state index contributed by atoms with van der Waals surface area (Å²) in [4.78, 5) is 14.1. The van der Waals surface area contributed by atoms with E-state index in [9.17, 15) is 4.79 Å². The highest BCUT2D eigenvalue weighted by molar-refractivity contribution is 7.99. The summed E-state index contributed by atoms with van der Waals surface area (Å²) < 4.78 is 6.15. The van der Waals surface area contributed by atoms with Crippen molar-refractivity contribution < 1.29 is 9.21 Å². The van der Waals surface area contributed by atoms with Crippen LogP contribution in [0.3, 0.4) is 0 Å². The van der Waals surface area contributed by atoms with Crippen LogP contribution in [0, 0.1) is 0 Å². The summed E-state index contributed by atoms with van der Waals surface area (Å²) in [5.41, 5.74) is 0. The molecule has 0 aliphatic rings. The van der Waals surface area contributed by atoms with E-state index in [2.05, 4.69) is 15.5 Å². The molecule has 124 valence electrons. The Bertz CT molecular complexity index is 805. The lowest BCUT2D eigenvalue weighted by molar-refractivity contribution is -0.115. The highest BCUT2D eigenvalue weighted by Gasteiger charge is 2.11. The van der Waals surface area contributed by atoms with Crippen LogP contribution in [0.15, 0.2) is 51.8 Å². The van der Waals surface area contributed by atoms with Crippen molar-refractivity contribution in [2.75, 3.05) is 11.1 Å². The van der Waals surface area contributed by atoms with Crippen molar-refractivity contribution in [1.29, 1.82) is 0 Å². The van der Waals surface area contributed by atoms with Crippen LogP contribution in [0.4, 0.5) is 6.01 Å². The van der Waals surface area contributed by atoms with E-state index in [0.29, 0.717) is 28.8 Å². The number of carbonyl (C=O) groups is 1. The summed E-state index contributed by atoms with van der Waals surface area (Å²) in [5, 5.41) is 10.4. The van der Waals surface area contributed by atoms with Gasteiger partial charge in [0.25, 0.3) is 0 Å². The molecule has 1 aromatic carbocycles. The minimum atomic E-state index is -0.146. The van der Waals surface area contributed by atoms with E-state index < -0.39 is 0 Å². The Hall–Kier alpha value is -1.83.